The van der Waals surface area contributed by atoms with Gasteiger partial charge in [-0.2, -0.15) is 5.10 Å². The standard InChI is InChI=1S/C26H22N4O2/c1-16-13-22(16)26(32)28-20-7-4-5-17(14-20)25(31)18-8-10-21-23(29-30-24(21)15-18)11-9-19-6-2-3-12-27-19/h2-12,14-16,22H,13H2,1H3,(H,28,32)(H,29,30)/b11-9+. The number of benzene rings is 2. The van der Waals surface area contributed by atoms with Crippen LogP contribution in [0.4, 0.5) is 5.69 Å². The first-order valence-electron chi connectivity index (χ1n) is 10.6. The van der Waals surface area contributed by atoms with E-state index in [4.69, 9.17) is 0 Å². The molecule has 1 aliphatic carbocycles. The molecule has 2 heterocycles. The predicted molar refractivity (Wildman–Crippen MR) is 125 cm³/mol. The van der Waals surface area contributed by atoms with E-state index in [9.17, 15) is 9.59 Å². The van der Waals surface area contributed by atoms with Crippen LogP contribution in [0.1, 0.15) is 40.7 Å². The predicted octanol–water partition coefficient (Wildman–Crippen LogP) is 4.95. The van der Waals surface area contributed by atoms with Gasteiger partial charge in [0.05, 0.1) is 16.9 Å². The van der Waals surface area contributed by atoms with Crippen LogP contribution in [0.3, 0.4) is 0 Å². The zero-order valence-corrected chi connectivity index (χ0v) is 17.6. The maximum Gasteiger partial charge on any atom is 0.227 e. The van der Waals surface area contributed by atoms with Gasteiger partial charge in [0.25, 0.3) is 0 Å². The quantitative estimate of drug-likeness (QED) is 0.430. The van der Waals surface area contributed by atoms with Crippen molar-refractivity contribution < 1.29 is 9.59 Å². The van der Waals surface area contributed by atoms with Gasteiger partial charge in [-0.3, -0.25) is 19.7 Å². The Balaban J connectivity index is 1.36. The van der Waals surface area contributed by atoms with Crippen molar-refractivity contribution in [2.45, 2.75) is 13.3 Å². The minimum atomic E-state index is -0.108. The van der Waals surface area contributed by atoms with Crippen molar-refractivity contribution in [1.29, 1.82) is 0 Å². The number of rotatable bonds is 6. The number of nitrogens with zero attached hydrogens (tertiary/aromatic N) is 2. The van der Waals surface area contributed by atoms with Gasteiger partial charge in [-0.25, -0.2) is 0 Å². The van der Waals surface area contributed by atoms with Crippen LogP contribution in [0, 0.1) is 11.8 Å². The molecule has 1 aliphatic rings. The number of H-pyrrole nitrogens is 1. The van der Waals surface area contributed by atoms with E-state index in [2.05, 4.69) is 27.4 Å². The van der Waals surface area contributed by atoms with Crippen LogP contribution < -0.4 is 5.32 Å². The summed E-state index contributed by atoms with van der Waals surface area (Å²) in [7, 11) is 0. The van der Waals surface area contributed by atoms with Gasteiger partial charge in [0.1, 0.15) is 0 Å². The van der Waals surface area contributed by atoms with Crippen LogP contribution in [0.2, 0.25) is 0 Å². The molecule has 2 aromatic heterocycles. The molecule has 0 saturated heterocycles. The molecule has 1 fully saturated rings. The Morgan fingerprint density at radius 2 is 1.88 bits per heavy atom. The number of hydrogen-bond acceptors (Lipinski definition) is 4. The maximum atomic E-state index is 13.1. The first kappa shape index (κ1) is 19.9. The molecular weight excluding hydrogens is 400 g/mol. The summed E-state index contributed by atoms with van der Waals surface area (Å²) >= 11 is 0. The summed E-state index contributed by atoms with van der Waals surface area (Å²) in [6.07, 6.45) is 6.47. The number of aromatic amines is 1. The largest absolute Gasteiger partial charge is 0.326 e. The number of carbonyl (C=O) groups is 2. The van der Waals surface area contributed by atoms with Crippen molar-refractivity contribution in [1.82, 2.24) is 15.2 Å². The number of amides is 1. The molecule has 32 heavy (non-hydrogen) atoms. The number of carbonyl (C=O) groups excluding carboxylic acids is 2. The number of ketones is 1. The van der Waals surface area contributed by atoms with Gasteiger partial charge in [0.15, 0.2) is 5.78 Å². The van der Waals surface area contributed by atoms with Crippen molar-refractivity contribution in [3.05, 3.63) is 89.4 Å². The molecule has 2 unspecified atom stereocenters. The molecule has 6 nitrogen and oxygen atoms in total. The minimum absolute atomic E-state index is 0.0206. The average Bonchev–Trinajstić information content (AvgIpc) is 3.42. The maximum absolute atomic E-state index is 13.1. The highest BCUT2D eigenvalue weighted by molar-refractivity contribution is 6.11. The smallest absolute Gasteiger partial charge is 0.227 e. The van der Waals surface area contributed by atoms with E-state index in [1.807, 2.05) is 36.4 Å². The molecular formula is C26H22N4O2. The number of anilines is 1. The Labute approximate surface area is 185 Å². The van der Waals surface area contributed by atoms with Crippen LogP contribution in [0.5, 0.6) is 0 Å². The fraction of sp³-hybridized carbons (Fsp3) is 0.154. The Morgan fingerprint density at radius 1 is 1.03 bits per heavy atom. The van der Waals surface area contributed by atoms with Crippen molar-refractivity contribution in [2.75, 3.05) is 5.32 Å². The van der Waals surface area contributed by atoms with Gasteiger partial charge in [-0.1, -0.05) is 31.2 Å². The van der Waals surface area contributed by atoms with Gasteiger partial charge >= 0.3 is 0 Å². The summed E-state index contributed by atoms with van der Waals surface area (Å²) in [6.45, 7) is 2.07. The first-order valence-corrected chi connectivity index (χ1v) is 10.6. The summed E-state index contributed by atoms with van der Waals surface area (Å²) in [5.41, 5.74) is 4.14. The third kappa shape index (κ3) is 4.07. The molecule has 2 atom stereocenters. The van der Waals surface area contributed by atoms with Crippen LogP contribution in [-0.2, 0) is 4.79 Å². The molecule has 1 amide bonds. The number of aromatic nitrogens is 3. The van der Waals surface area contributed by atoms with Crippen molar-refractivity contribution in [2.24, 2.45) is 11.8 Å². The molecule has 0 aliphatic heterocycles. The van der Waals surface area contributed by atoms with Crippen LogP contribution in [-0.4, -0.2) is 26.9 Å². The second kappa shape index (κ2) is 8.23. The fourth-order valence-corrected chi connectivity index (χ4v) is 3.78. The molecule has 0 spiro atoms. The molecule has 2 aromatic carbocycles. The molecule has 2 N–H and O–H groups in total. The third-order valence-corrected chi connectivity index (χ3v) is 5.79. The second-order valence-corrected chi connectivity index (χ2v) is 8.18. The Kier molecular flexibility index (Phi) is 5.11. The number of fused-ring (bicyclic) bond motifs is 1. The first-order chi connectivity index (χ1) is 15.6. The summed E-state index contributed by atoms with van der Waals surface area (Å²) in [4.78, 5) is 29.6. The van der Waals surface area contributed by atoms with Crippen LogP contribution in [0.25, 0.3) is 23.1 Å². The molecule has 1 saturated carbocycles. The number of pyridine rings is 1. The molecule has 0 radical (unpaired) electrons. The zero-order valence-electron chi connectivity index (χ0n) is 17.6. The van der Waals surface area contributed by atoms with E-state index in [1.165, 1.54) is 0 Å². The number of nitrogens with one attached hydrogen (secondary N) is 2. The van der Waals surface area contributed by atoms with Crippen LogP contribution in [0.15, 0.2) is 66.9 Å². The molecule has 4 aromatic rings. The van der Waals surface area contributed by atoms with Crippen LogP contribution >= 0.6 is 0 Å². The lowest BCUT2D eigenvalue weighted by molar-refractivity contribution is -0.117. The Bertz CT molecular complexity index is 1340. The van der Waals surface area contributed by atoms with Gasteiger partial charge in [-0.05, 0) is 60.9 Å². The van der Waals surface area contributed by atoms with Crippen molar-refractivity contribution in [3.8, 4) is 0 Å². The fourth-order valence-electron chi connectivity index (χ4n) is 3.78. The van der Waals surface area contributed by atoms with Gasteiger partial charge in [-0.15, -0.1) is 0 Å². The number of hydrogen-bond donors (Lipinski definition) is 2. The van der Waals surface area contributed by atoms with E-state index >= 15 is 0 Å². The van der Waals surface area contributed by atoms with Gasteiger partial charge in [0, 0.05) is 34.3 Å². The minimum Gasteiger partial charge on any atom is -0.326 e. The zero-order chi connectivity index (χ0) is 22.1. The van der Waals surface area contributed by atoms with E-state index in [0.29, 0.717) is 22.7 Å². The Hall–Kier alpha value is -4.06. The van der Waals surface area contributed by atoms with Gasteiger partial charge < -0.3 is 5.32 Å². The summed E-state index contributed by atoms with van der Waals surface area (Å²) in [5, 5.41) is 11.2. The third-order valence-electron chi connectivity index (χ3n) is 5.79. The summed E-state index contributed by atoms with van der Waals surface area (Å²) in [6, 6.07) is 18.3. The molecule has 158 valence electrons. The summed E-state index contributed by atoms with van der Waals surface area (Å²) < 4.78 is 0. The molecule has 0 bridgehead atoms. The summed E-state index contributed by atoms with van der Waals surface area (Å²) in [5.74, 6) is 0.429. The lowest BCUT2D eigenvalue weighted by Gasteiger charge is -2.07. The Morgan fingerprint density at radius 3 is 2.66 bits per heavy atom. The highest BCUT2D eigenvalue weighted by atomic mass is 16.2. The highest BCUT2D eigenvalue weighted by Gasteiger charge is 2.39. The van der Waals surface area contributed by atoms with Crippen molar-refractivity contribution >= 4 is 40.4 Å². The van der Waals surface area contributed by atoms with E-state index in [-0.39, 0.29) is 17.6 Å². The lowest BCUT2D eigenvalue weighted by Crippen LogP contribution is -2.14. The van der Waals surface area contributed by atoms with Gasteiger partial charge in [0.2, 0.25) is 5.91 Å². The topological polar surface area (TPSA) is 87.7 Å². The highest BCUT2D eigenvalue weighted by Crippen LogP contribution is 2.38. The average molecular weight is 422 g/mol. The monoisotopic (exact) mass is 422 g/mol. The normalized spacial score (nSPS) is 17.5. The van der Waals surface area contributed by atoms with E-state index in [1.54, 1.807) is 42.6 Å². The van der Waals surface area contributed by atoms with E-state index < -0.39 is 0 Å². The van der Waals surface area contributed by atoms with E-state index in [0.717, 1.165) is 28.7 Å². The SMILES string of the molecule is CC1CC1C(=O)Nc1cccc(C(=O)c2ccc3c(/C=C/c4ccccn4)n[nH]c3c2)c1. The van der Waals surface area contributed by atoms with Crippen molar-refractivity contribution in [3.63, 3.8) is 0 Å². The molecule has 5 rings (SSSR count). The second-order valence-electron chi connectivity index (χ2n) is 8.18. The molecule has 6 heteroatoms. The lowest BCUT2D eigenvalue weighted by atomic mass is 10.0.